The van der Waals surface area contributed by atoms with Gasteiger partial charge in [-0.2, -0.15) is 0 Å². The second kappa shape index (κ2) is 10.0. The highest BCUT2D eigenvalue weighted by molar-refractivity contribution is 8.18. The second-order valence-electron chi connectivity index (χ2n) is 6.60. The number of ether oxygens (including phenoxy) is 1. The summed E-state index contributed by atoms with van der Waals surface area (Å²) >= 11 is 0.794. The monoisotopic (exact) mass is 442 g/mol. The van der Waals surface area contributed by atoms with Gasteiger partial charge in [0.1, 0.15) is 11.6 Å². The van der Waals surface area contributed by atoms with Crippen molar-refractivity contribution in [3.8, 4) is 5.75 Å². The lowest BCUT2D eigenvalue weighted by Crippen LogP contribution is -2.38. The molecular weight excluding hydrogens is 423 g/mol. The van der Waals surface area contributed by atoms with Crippen LogP contribution in [0.25, 0.3) is 6.08 Å². The van der Waals surface area contributed by atoms with E-state index in [0.717, 1.165) is 16.7 Å². The van der Waals surface area contributed by atoms with Crippen LogP contribution in [0.15, 0.2) is 53.4 Å². The van der Waals surface area contributed by atoms with Gasteiger partial charge in [0.25, 0.3) is 17.1 Å². The third kappa shape index (κ3) is 6.02. The number of carbonyl (C=O) groups excluding carboxylic acids is 4. The Morgan fingerprint density at radius 1 is 1.10 bits per heavy atom. The third-order valence-corrected chi connectivity index (χ3v) is 5.24. The molecule has 0 bridgehead atoms. The molecule has 1 aliphatic rings. The minimum Gasteiger partial charge on any atom is -0.484 e. The quantitative estimate of drug-likeness (QED) is 0.498. The molecule has 3 amide bonds. The van der Waals surface area contributed by atoms with Crippen LogP contribution in [0.2, 0.25) is 0 Å². The lowest BCUT2D eigenvalue weighted by atomic mass is 10.1. The zero-order chi connectivity index (χ0) is 22.4. The molecule has 0 radical (unpaired) electrons. The number of hydrogen-bond acceptors (Lipinski definition) is 6. The smallest absolute Gasteiger partial charge is 0.293 e. The first-order valence-corrected chi connectivity index (χ1v) is 10.2. The van der Waals surface area contributed by atoms with Crippen LogP contribution in [0.1, 0.15) is 22.8 Å². The van der Waals surface area contributed by atoms with E-state index in [1.165, 1.54) is 37.3 Å². The molecule has 1 saturated heterocycles. The van der Waals surface area contributed by atoms with E-state index in [1.54, 1.807) is 24.3 Å². The summed E-state index contributed by atoms with van der Waals surface area (Å²) in [5.41, 5.74) is 1.15. The summed E-state index contributed by atoms with van der Waals surface area (Å²) in [5, 5.41) is 2.15. The number of nitrogens with zero attached hydrogens (tertiary/aromatic N) is 1. The van der Waals surface area contributed by atoms with Crippen molar-refractivity contribution in [2.24, 2.45) is 0 Å². The topological polar surface area (TPSA) is 92.8 Å². The van der Waals surface area contributed by atoms with Crippen LogP contribution in [0.3, 0.4) is 0 Å². The molecule has 1 fully saturated rings. The summed E-state index contributed by atoms with van der Waals surface area (Å²) in [6, 6.07) is 12.0. The lowest BCUT2D eigenvalue weighted by Gasteiger charge is -2.13. The van der Waals surface area contributed by atoms with Crippen molar-refractivity contribution in [2.45, 2.75) is 6.92 Å². The average molecular weight is 442 g/mol. The first kappa shape index (κ1) is 22.2. The maximum Gasteiger partial charge on any atom is 0.293 e. The van der Waals surface area contributed by atoms with E-state index in [-0.39, 0.29) is 30.4 Å². The number of rotatable bonds is 8. The molecule has 2 aromatic carbocycles. The number of benzene rings is 2. The SMILES string of the molecule is CC(=O)c1ccc(OCC(=O)NCCN2C(=O)SC(=Cc3ccc(F)cc3)C2=O)cc1. The number of Topliss-reactive ketones (excluding diaryl/α,β-unsaturated/α-hetero) is 1. The Balaban J connectivity index is 1.45. The molecule has 0 atom stereocenters. The molecule has 160 valence electrons. The van der Waals surface area contributed by atoms with Crippen LogP contribution < -0.4 is 10.1 Å². The molecule has 0 saturated carbocycles. The van der Waals surface area contributed by atoms with Crippen molar-refractivity contribution < 1.29 is 28.3 Å². The number of imide groups is 1. The van der Waals surface area contributed by atoms with Gasteiger partial charge in [-0.25, -0.2) is 4.39 Å². The van der Waals surface area contributed by atoms with E-state index < -0.39 is 22.9 Å². The van der Waals surface area contributed by atoms with Crippen LogP contribution >= 0.6 is 11.8 Å². The summed E-state index contributed by atoms with van der Waals surface area (Å²) in [6.07, 6.45) is 1.52. The van der Waals surface area contributed by atoms with Crippen LogP contribution in [0.5, 0.6) is 5.75 Å². The van der Waals surface area contributed by atoms with Crippen LogP contribution in [-0.4, -0.2) is 47.4 Å². The number of nitrogens with one attached hydrogen (secondary N) is 1. The van der Waals surface area contributed by atoms with E-state index >= 15 is 0 Å². The molecule has 7 nitrogen and oxygen atoms in total. The van der Waals surface area contributed by atoms with Gasteiger partial charge in [-0.15, -0.1) is 0 Å². The molecule has 1 aliphatic heterocycles. The number of carbonyl (C=O) groups is 4. The molecule has 1 heterocycles. The largest absolute Gasteiger partial charge is 0.484 e. The maximum atomic E-state index is 13.0. The zero-order valence-corrected chi connectivity index (χ0v) is 17.4. The first-order valence-electron chi connectivity index (χ1n) is 9.35. The van der Waals surface area contributed by atoms with Gasteiger partial charge in [-0.1, -0.05) is 12.1 Å². The first-order chi connectivity index (χ1) is 14.8. The summed E-state index contributed by atoms with van der Waals surface area (Å²) in [6.45, 7) is 1.31. The van der Waals surface area contributed by atoms with Gasteiger partial charge in [0, 0.05) is 18.7 Å². The second-order valence-corrected chi connectivity index (χ2v) is 7.60. The Labute approximate surface area is 182 Å². The summed E-state index contributed by atoms with van der Waals surface area (Å²) < 4.78 is 18.3. The summed E-state index contributed by atoms with van der Waals surface area (Å²) in [5.74, 6) is -0.890. The Kier molecular flexibility index (Phi) is 7.19. The molecule has 0 unspecified atom stereocenters. The molecule has 31 heavy (non-hydrogen) atoms. The fraction of sp³-hybridized carbons (Fsp3) is 0.182. The summed E-state index contributed by atoms with van der Waals surface area (Å²) in [4.78, 5) is 49.0. The predicted octanol–water partition coefficient (Wildman–Crippen LogP) is 3.26. The number of amides is 3. The minimum absolute atomic E-state index is 0.0183. The van der Waals surface area contributed by atoms with E-state index in [1.807, 2.05) is 0 Å². The van der Waals surface area contributed by atoms with Crippen molar-refractivity contribution >= 4 is 40.7 Å². The van der Waals surface area contributed by atoms with Gasteiger partial charge in [0.2, 0.25) is 0 Å². The van der Waals surface area contributed by atoms with Crippen molar-refractivity contribution in [2.75, 3.05) is 19.7 Å². The van der Waals surface area contributed by atoms with Crippen molar-refractivity contribution in [1.29, 1.82) is 0 Å². The van der Waals surface area contributed by atoms with Gasteiger partial charge < -0.3 is 10.1 Å². The minimum atomic E-state index is -0.463. The van der Waals surface area contributed by atoms with E-state index in [2.05, 4.69) is 5.32 Å². The highest BCUT2D eigenvalue weighted by Crippen LogP contribution is 2.31. The van der Waals surface area contributed by atoms with Crippen molar-refractivity contribution in [1.82, 2.24) is 10.2 Å². The number of halogens is 1. The normalized spacial score (nSPS) is 14.8. The molecule has 1 N–H and O–H groups in total. The van der Waals surface area contributed by atoms with Gasteiger partial charge in [-0.05, 0) is 66.7 Å². The van der Waals surface area contributed by atoms with Gasteiger partial charge in [-0.3, -0.25) is 24.1 Å². The standard InChI is InChI=1S/C22H19FN2O5S/c1-14(26)16-4-8-18(9-5-16)30-13-20(27)24-10-11-25-21(28)19(31-22(25)29)12-15-2-6-17(23)7-3-15/h2-9,12H,10-11,13H2,1H3,(H,24,27). The third-order valence-electron chi connectivity index (χ3n) is 4.33. The molecule has 0 aliphatic carbocycles. The number of thioether (sulfide) groups is 1. The average Bonchev–Trinajstić information content (AvgIpc) is 3.01. The van der Waals surface area contributed by atoms with Gasteiger partial charge in [0.15, 0.2) is 12.4 Å². The molecule has 3 rings (SSSR count). The number of hydrogen-bond donors (Lipinski definition) is 1. The highest BCUT2D eigenvalue weighted by atomic mass is 32.2. The van der Waals surface area contributed by atoms with E-state index in [9.17, 15) is 23.6 Å². The van der Waals surface area contributed by atoms with Crippen LogP contribution in [0.4, 0.5) is 9.18 Å². The molecule has 9 heteroatoms. The van der Waals surface area contributed by atoms with E-state index in [4.69, 9.17) is 4.74 Å². The van der Waals surface area contributed by atoms with Gasteiger partial charge in [0.05, 0.1) is 4.91 Å². The maximum absolute atomic E-state index is 13.0. The van der Waals surface area contributed by atoms with Crippen molar-refractivity contribution in [3.63, 3.8) is 0 Å². The van der Waals surface area contributed by atoms with E-state index in [0.29, 0.717) is 16.9 Å². The predicted molar refractivity (Wildman–Crippen MR) is 114 cm³/mol. The zero-order valence-electron chi connectivity index (χ0n) is 16.6. The van der Waals surface area contributed by atoms with Crippen molar-refractivity contribution in [3.05, 3.63) is 70.4 Å². The highest BCUT2D eigenvalue weighted by Gasteiger charge is 2.34. The lowest BCUT2D eigenvalue weighted by molar-refractivity contribution is -0.125. The molecule has 0 spiro atoms. The fourth-order valence-corrected chi connectivity index (χ4v) is 3.56. The summed E-state index contributed by atoms with van der Waals surface area (Å²) in [7, 11) is 0. The Hall–Kier alpha value is -3.46. The van der Waals surface area contributed by atoms with Crippen LogP contribution in [-0.2, 0) is 9.59 Å². The Morgan fingerprint density at radius 2 is 1.77 bits per heavy atom. The Morgan fingerprint density at radius 3 is 2.42 bits per heavy atom. The molecular formula is C22H19FN2O5S. The molecule has 2 aromatic rings. The van der Waals surface area contributed by atoms with Crippen LogP contribution in [0, 0.1) is 5.82 Å². The Bertz CT molecular complexity index is 1030. The molecule has 0 aromatic heterocycles. The van der Waals surface area contributed by atoms with Gasteiger partial charge >= 0.3 is 0 Å². The fourth-order valence-electron chi connectivity index (χ4n) is 2.70. The number of ketones is 1.